The molecule has 0 aromatic heterocycles. The third-order valence-corrected chi connectivity index (χ3v) is 5.91. The van der Waals surface area contributed by atoms with E-state index >= 15 is 0 Å². The van der Waals surface area contributed by atoms with Gasteiger partial charge in [0.2, 0.25) is 0 Å². The molecule has 0 amide bonds. The summed E-state index contributed by atoms with van der Waals surface area (Å²) in [6, 6.07) is 20.7. The molecule has 1 aliphatic carbocycles. The number of rotatable bonds is 7. The third kappa shape index (κ3) is 4.24. The molecule has 4 rings (SSSR count). The van der Waals surface area contributed by atoms with Crippen LogP contribution in [0.15, 0.2) is 54.6 Å². The summed E-state index contributed by atoms with van der Waals surface area (Å²) in [6.45, 7) is 3.24. The van der Waals surface area contributed by atoms with Crippen LogP contribution in [0.5, 0.6) is 0 Å². The number of nitrogens with one attached hydrogen (secondary N) is 1. The lowest BCUT2D eigenvalue weighted by atomic mass is 9.81. The van der Waals surface area contributed by atoms with Crippen LogP contribution in [0.4, 0.5) is 5.69 Å². The lowest BCUT2D eigenvalue weighted by molar-refractivity contribution is 0.314. The van der Waals surface area contributed by atoms with Crippen LogP contribution in [0.3, 0.4) is 0 Å². The average molecular weight is 335 g/mol. The summed E-state index contributed by atoms with van der Waals surface area (Å²) in [5, 5.41) is 3.71. The van der Waals surface area contributed by atoms with Gasteiger partial charge in [-0.15, -0.1) is 0 Å². The Morgan fingerprint density at radius 1 is 0.880 bits per heavy atom. The van der Waals surface area contributed by atoms with Gasteiger partial charge >= 0.3 is 0 Å². The molecule has 132 valence electrons. The first-order valence-electron chi connectivity index (χ1n) is 9.99. The van der Waals surface area contributed by atoms with E-state index in [1.165, 1.54) is 61.9 Å². The Labute approximate surface area is 152 Å². The van der Waals surface area contributed by atoms with Crippen molar-refractivity contribution in [3.05, 3.63) is 65.7 Å². The van der Waals surface area contributed by atoms with Crippen LogP contribution in [-0.4, -0.2) is 19.1 Å². The van der Waals surface area contributed by atoms with Gasteiger partial charge in [-0.25, -0.2) is 0 Å². The van der Waals surface area contributed by atoms with Crippen LogP contribution in [0.1, 0.15) is 43.2 Å². The van der Waals surface area contributed by atoms with Gasteiger partial charge in [-0.3, -0.25) is 0 Å². The molecule has 2 fully saturated rings. The molecule has 2 aliphatic rings. The molecule has 1 saturated heterocycles. The number of benzene rings is 2. The van der Waals surface area contributed by atoms with E-state index in [0.717, 1.165) is 19.0 Å². The van der Waals surface area contributed by atoms with Crippen molar-refractivity contribution in [1.29, 1.82) is 0 Å². The van der Waals surface area contributed by atoms with Crippen LogP contribution in [-0.2, 0) is 13.0 Å². The van der Waals surface area contributed by atoms with Gasteiger partial charge in [-0.05, 0) is 48.4 Å². The van der Waals surface area contributed by atoms with Gasteiger partial charge in [0.05, 0.1) is 0 Å². The second kappa shape index (κ2) is 8.05. The zero-order chi connectivity index (χ0) is 16.9. The average Bonchev–Trinajstić information content (AvgIpc) is 3.08. The van der Waals surface area contributed by atoms with Crippen molar-refractivity contribution in [3.63, 3.8) is 0 Å². The Balaban J connectivity index is 1.29. The topological polar surface area (TPSA) is 15.3 Å². The maximum Gasteiger partial charge on any atom is 0.0415 e. The van der Waals surface area contributed by atoms with E-state index in [2.05, 4.69) is 64.8 Å². The van der Waals surface area contributed by atoms with E-state index in [-0.39, 0.29) is 0 Å². The van der Waals surface area contributed by atoms with E-state index in [9.17, 15) is 0 Å². The number of hydrogen-bond acceptors (Lipinski definition) is 2. The second-order valence-corrected chi connectivity index (χ2v) is 7.78. The molecule has 1 heterocycles. The number of nitrogens with zero attached hydrogens (tertiary/aromatic N) is 1. The fourth-order valence-electron chi connectivity index (χ4n) is 4.29. The lowest BCUT2D eigenvalue weighted by Crippen LogP contribution is -2.37. The summed E-state index contributed by atoms with van der Waals surface area (Å²) in [5.74, 6) is 0.945. The fraction of sp³-hybridized carbons (Fsp3) is 0.478. The van der Waals surface area contributed by atoms with E-state index < -0.39 is 0 Å². The molecule has 0 radical (unpaired) electrons. The normalized spacial score (nSPS) is 20.6. The van der Waals surface area contributed by atoms with Crippen LogP contribution in [0.25, 0.3) is 0 Å². The molecule has 0 unspecified atom stereocenters. The predicted octanol–water partition coefficient (Wildman–Crippen LogP) is 4.79. The minimum Gasteiger partial charge on any atom is -0.367 e. The highest BCUT2D eigenvalue weighted by Crippen LogP contribution is 2.30. The zero-order valence-electron chi connectivity index (χ0n) is 15.2. The van der Waals surface area contributed by atoms with Crippen molar-refractivity contribution in [1.82, 2.24) is 5.32 Å². The summed E-state index contributed by atoms with van der Waals surface area (Å²) >= 11 is 0. The van der Waals surface area contributed by atoms with Crippen LogP contribution in [0.2, 0.25) is 0 Å². The monoisotopic (exact) mass is 334 g/mol. The molecular weight excluding hydrogens is 304 g/mol. The summed E-state index contributed by atoms with van der Waals surface area (Å²) in [7, 11) is 0. The molecule has 25 heavy (non-hydrogen) atoms. The summed E-state index contributed by atoms with van der Waals surface area (Å²) in [5.41, 5.74) is 4.33. The van der Waals surface area contributed by atoms with Crippen molar-refractivity contribution in [3.8, 4) is 0 Å². The Bertz CT molecular complexity index is 663. The number of para-hydroxylation sites is 1. The van der Waals surface area contributed by atoms with Crippen LogP contribution >= 0.6 is 0 Å². The standard InChI is InChI=1S/C23H30N2/c1-2-11-22(12-3-1)25-14-6-13-23(25)18-24-17-21-10-5-9-20(16-21)15-19-7-4-8-19/h1-3,5,9-12,16,19,23-24H,4,6-8,13-15,17-18H2/t23-/m0/s1. The minimum absolute atomic E-state index is 0.626. The first-order chi connectivity index (χ1) is 12.4. The van der Waals surface area contributed by atoms with Gasteiger partial charge in [0.25, 0.3) is 0 Å². The highest BCUT2D eigenvalue weighted by atomic mass is 15.2. The van der Waals surface area contributed by atoms with Gasteiger partial charge in [0, 0.05) is 31.4 Å². The highest BCUT2D eigenvalue weighted by Gasteiger charge is 2.24. The first-order valence-corrected chi connectivity index (χ1v) is 9.99. The smallest absolute Gasteiger partial charge is 0.0415 e. The molecule has 2 heteroatoms. The Morgan fingerprint density at radius 3 is 2.52 bits per heavy atom. The van der Waals surface area contributed by atoms with Crippen molar-refractivity contribution in [2.75, 3.05) is 18.0 Å². The molecular formula is C23H30N2. The van der Waals surface area contributed by atoms with E-state index in [1.54, 1.807) is 0 Å². The van der Waals surface area contributed by atoms with Crippen molar-refractivity contribution < 1.29 is 0 Å². The molecule has 2 aromatic carbocycles. The minimum atomic E-state index is 0.626. The van der Waals surface area contributed by atoms with Crippen molar-refractivity contribution >= 4 is 5.69 Å². The molecule has 1 atom stereocenters. The van der Waals surface area contributed by atoms with E-state index in [0.29, 0.717) is 6.04 Å². The van der Waals surface area contributed by atoms with E-state index in [1.807, 2.05) is 0 Å². The SMILES string of the molecule is c1ccc(N2CCC[C@H]2CNCc2cccc(CC3CCC3)c2)cc1. The lowest BCUT2D eigenvalue weighted by Gasteiger charge is -2.27. The van der Waals surface area contributed by atoms with Gasteiger partial charge in [-0.1, -0.05) is 61.7 Å². The zero-order valence-corrected chi connectivity index (χ0v) is 15.2. The van der Waals surface area contributed by atoms with Crippen molar-refractivity contribution in [2.45, 2.75) is 51.1 Å². The molecule has 2 nitrogen and oxygen atoms in total. The first kappa shape index (κ1) is 16.7. The molecule has 0 bridgehead atoms. The van der Waals surface area contributed by atoms with Crippen LogP contribution in [0, 0.1) is 5.92 Å². The van der Waals surface area contributed by atoms with Gasteiger partial charge in [-0.2, -0.15) is 0 Å². The van der Waals surface area contributed by atoms with Crippen LogP contribution < -0.4 is 10.2 Å². The maximum absolute atomic E-state index is 3.71. The third-order valence-electron chi connectivity index (χ3n) is 5.91. The Kier molecular flexibility index (Phi) is 5.37. The largest absolute Gasteiger partial charge is 0.367 e. The summed E-state index contributed by atoms with van der Waals surface area (Å²) < 4.78 is 0. The van der Waals surface area contributed by atoms with Gasteiger partial charge in [0.1, 0.15) is 0 Å². The second-order valence-electron chi connectivity index (χ2n) is 7.78. The molecule has 2 aromatic rings. The van der Waals surface area contributed by atoms with E-state index in [4.69, 9.17) is 0 Å². The fourth-order valence-corrected chi connectivity index (χ4v) is 4.29. The molecule has 1 N–H and O–H groups in total. The quantitative estimate of drug-likeness (QED) is 0.783. The summed E-state index contributed by atoms with van der Waals surface area (Å²) in [4.78, 5) is 2.57. The highest BCUT2D eigenvalue weighted by molar-refractivity contribution is 5.48. The Morgan fingerprint density at radius 2 is 1.72 bits per heavy atom. The summed E-state index contributed by atoms with van der Waals surface area (Å²) in [6.07, 6.45) is 8.17. The Hall–Kier alpha value is -1.80. The molecule has 0 spiro atoms. The molecule has 1 saturated carbocycles. The predicted molar refractivity (Wildman–Crippen MR) is 106 cm³/mol. The number of anilines is 1. The molecule has 1 aliphatic heterocycles. The van der Waals surface area contributed by atoms with Gasteiger partial charge in [0.15, 0.2) is 0 Å². The van der Waals surface area contributed by atoms with Gasteiger partial charge < -0.3 is 10.2 Å². The maximum atomic E-state index is 3.71. The van der Waals surface area contributed by atoms with Crippen molar-refractivity contribution in [2.24, 2.45) is 5.92 Å². The number of hydrogen-bond donors (Lipinski definition) is 1.